The van der Waals surface area contributed by atoms with Crippen LogP contribution < -0.4 is 17.0 Å². The molecule has 0 unspecified atom stereocenters. The Morgan fingerprint density at radius 3 is 2.94 bits per heavy atom. The molecule has 2 aromatic rings. The molecule has 0 aromatic carbocycles. The molecule has 17 heavy (non-hydrogen) atoms. The van der Waals surface area contributed by atoms with Crippen LogP contribution in [0.4, 0.5) is 5.13 Å². The molecule has 2 heterocycles. The van der Waals surface area contributed by atoms with E-state index in [9.17, 15) is 9.59 Å². The summed E-state index contributed by atoms with van der Waals surface area (Å²) in [4.78, 5) is 29.5. The number of nitrogen functional groups attached to an aromatic ring is 1. The number of allylic oxidation sites excluding steroid dienone is 2. The number of aromatic nitrogens is 3. The highest BCUT2D eigenvalue weighted by atomic mass is 32.1. The summed E-state index contributed by atoms with van der Waals surface area (Å²) in [5, 5.41) is 0.282. The highest BCUT2D eigenvalue weighted by Gasteiger charge is 2.11. The zero-order valence-electron chi connectivity index (χ0n) is 9.27. The minimum absolute atomic E-state index is 0.282. The molecule has 90 valence electrons. The number of hydrogen-bond donors (Lipinski definition) is 2. The maximum atomic E-state index is 11.7. The molecule has 0 fully saturated rings. The molecular formula is C10H12N4O2S. The van der Waals surface area contributed by atoms with Crippen LogP contribution in [0.5, 0.6) is 0 Å². The van der Waals surface area contributed by atoms with Crippen LogP contribution in [0, 0.1) is 0 Å². The molecule has 0 bridgehead atoms. The number of fused-ring (bicyclic) bond motifs is 1. The zero-order valence-corrected chi connectivity index (χ0v) is 10.1. The second-order valence-corrected chi connectivity index (χ2v) is 4.49. The summed E-state index contributed by atoms with van der Waals surface area (Å²) < 4.78 is 1.78. The fraction of sp³-hybridized carbons (Fsp3) is 0.300. The van der Waals surface area contributed by atoms with Gasteiger partial charge in [0, 0.05) is 6.54 Å². The molecule has 0 saturated heterocycles. The van der Waals surface area contributed by atoms with Gasteiger partial charge >= 0.3 is 5.69 Å². The summed E-state index contributed by atoms with van der Waals surface area (Å²) >= 11 is 1.08. The number of nitrogens with zero attached hydrogens (tertiary/aromatic N) is 2. The molecule has 7 heteroatoms. The molecule has 0 atom stereocenters. The molecule has 2 aromatic heterocycles. The standard InChI is InChI=1S/C10H12N4O2S/c1-2-3-4-5-14-7-6(17-9(11)12-7)8(15)13-10(14)16/h3-4H,2,5H2,1H3,(H2,11,12)(H,13,15,16)/b4-3-. The maximum Gasteiger partial charge on any atom is 0.330 e. The first-order valence-electron chi connectivity index (χ1n) is 5.17. The normalized spacial score (nSPS) is 11.6. The van der Waals surface area contributed by atoms with Crippen LogP contribution in [0.25, 0.3) is 10.3 Å². The number of nitrogens with two attached hydrogens (primary N) is 1. The Balaban J connectivity index is 2.65. The van der Waals surface area contributed by atoms with Gasteiger partial charge in [-0.1, -0.05) is 30.4 Å². The Hall–Kier alpha value is -1.89. The van der Waals surface area contributed by atoms with Gasteiger partial charge in [0.05, 0.1) is 0 Å². The van der Waals surface area contributed by atoms with Crippen molar-refractivity contribution in [1.29, 1.82) is 0 Å². The smallest absolute Gasteiger partial charge is 0.330 e. The lowest BCUT2D eigenvalue weighted by atomic mass is 10.4. The van der Waals surface area contributed by atoms with Gasteiger partial charge in [-0.3, -0.25) is 14.3 Å². The Morgan fingerprint density at radius 2 is 2.24 bits per heavy atom. The monoisotopic (exact) mass is 252 g/mol. The Morgan fingerprint density at radius 1 is 1.47 bits per heavy atom. The van der Waals surface area contributed by atoms with E-state index < -0.39 is 11.2 Å². The van der Waals surface area contributed by atoms with Gasteiger partial charge in [-0.25, -0.2) is 9.78 Å². The number of hydrogen-bond acceptors (Lipinski definition) is 5. The van der Waals surface area contributed by atoms with Crippen molar-refractivity contribution in [2.45, 2.75) is 19.9 Å². The molecule has 2 rings (SSSR count). The first kappa shape index (κ1) is 11.6. The predicted octanol–water partition coefficient (Wildman–Crippen LogP) is 0.695. The molecule has 0 spiro atoms. The van der Waals surface area contributed by atoms with Crippen LogP contribution in [0.15, 0.2) is 21.7 Å². The minimum Gasteiger partial charge on any atom is -0.375 e. The van der Waals surface area contributed by atoms with Crippen LogP contribution in [-0.2, 0) is 6.54 Å². The Bertz CT molecular complexity index is 680. The maximum absolute atomic E-state index is 11.7. The molecule has 0 aliphatic rings. The third-order valence-corrected chi connectivity index (χ3v) is 3.12. The van der Waals surface area contributed by atoms with Crippen molar-refractivity contribution in [3.63, 3.8) is 0 Å². The third kappa shape index (κ3) is 2.14. The molecule has 3 N–H and O–H groups in total. The van der Waals surface area contributed by atoms with E-state index >= 15 is 0 Å². The average molecular weight is 252 g/mol. The number of aromatic amines is 1. The third-order valence-electron chi connectivity index (χ3n) is 2.24. The quantitative estimate of drug-likeness (QED) is 0.786. The van der Waals surface area contributed by atoms with Crippen molar-refractivity contribution in [3.05, 3.63) is 33.0 Å². The van der Waals surface area contributed by atoms with Crippen LogP contribution in [0.2, 0.25) is 0 Å². The van der Waals surface area contributed by atoms with Gasteiger partial charge in [0.1, 0.15) is 4.70 Å². The SMILES string of the molecule is CC/C=C\Cn1c(=O)[nH]c(=O)c2sc(N)nc21. The highest BCUT2D eigenvalue weighted by molar-refractivity contribution is 7.21. The number of nitrogens with one attached hydrogen (secondary N) is 1. The van der Waals surface area contributed by atoms with Crippen LogP contribution in [0.3, 0.4) is 0 Å². The lowest BCUT2D eigenvalue weighted by molar-refractivity contribution is 0.764. The van der Waals surface area contributed by atoms with Gasteiger partial charge in [0.25, 0.3) is 5.56 Å². The van der Waals surface area contributed by atoms with Crippen molar-refractivity contribution in [2.24, 2.45) is 0 Å². The van der Waals surface area contributed by atoms with E-state index in [-0.39, 0.29) is 5.13 Å². The Labute approximate surface area is 100 Å². The second-order valence-electron chi connectivity index (χ2n) is 3.45. The van der Waals surface area contributed by atoms with Gasteiger partial charge < -0.3 is 5.73 Å². The molecule has 0 aliphatic heterocycles. The first-order valence-corrected chi connectivity index (χ1v) is 5.99. The Kier molecular flexibility index (Phi) is 3.10. The van der Waals surface area contributed by atoms with Gasteiger partial charge in [-0.2, -0.15) is 0 Å². The van der Waals surface area contributed by atoms with Gasteiger partial charge in [-0.15, -0.1) is 0 Å². The van der Waals surface area contributed by atoms with Crippen molar-refractivity contribution < 1.29 is 0 Å². The van der Waals surface area contributed by atoms with E-state index in [2.05, 4.69) is 9.97 Å². The zero-order chi connectivity index (χ0) is 12.4. The molecular weight excluding hydrogens is 240 g/mol. The van der Waals surface area contributed by atoms with Crippen LogP contribution >= 0.6 is 11.3 Å². The van der Waals surface area contributed by atoms with Gasteiger partial charge in [0.15, 0.2) is 10.8 Å². The summed E-state index contributed by atoms with van der Waals surface area (Å²) in [6, 6.07) is 0. The number of anilines is 1. The van der Waals surface area contributed by atoms with E-state index in [0.29, 0.717) is 16.9 Å². The van der Waals surface area contributed by atoms with Crippen molar-refractivity contribution in [1.82, 2.24) is 14.5 Å². The summed E-state index contributed by atoms with van der Waals surface area (Å²) in [7, 11) is 0. The lowest BCUT2D eigenvalue weighted by Gasteiger charge is -2.01. The van der Waals surface area contributed by atoms with E-state index in [1.807, 2.05) is 19.1 Å². The summed E-state index contributed by atoms with van der Waals surface area (Å²) in [5.74, 6) is 0. The summed E-state index contributed by atoms with van der Waals surface area (Å²) in [6.45, 7) is 2.38. The average Bonchev–Trinajstić information content (AvgIpc) is 2.65. The molecule has 6 nitrogen and oxygen atoms in total. The minimum atomic E-state index is -0.464. The predicted molar refractivity (Wildman–Crippen MR) is 68.3 cm³/mol. The number of thiazole rings is 1. The summed E-state index contributed by atoms with van der Waals surface area (Å²) in [5.41, 5.74) is 5.00. The van der Waals surface area contributed by atoms with Gasteiger partial charge in [0.2, 0.25) is 0 Å². The largest absolute Gasteiger partial charge is 0.375 e. The van der Waals surface area contributed by atoms with Crippen LogP contribution in [0.1, 0.15) is 13.3 Å². The fourth-order valence-corrected chi connectivity index (χ4v) is 2.22. The van der Waals surface area contributed by atoms with Gasteiger partial charge in [-0.05, 0) is 6.42 Å². The summed E-state index contributed by atoms with van der Waals surface area (Å²) in [6.07, 6.45) is 4.69. The molecule has 0 amide bonds. The van der Waals surface area contributed by atoms with E-state index in [1.54, 1.807) is 0 Å². The second kappa shape index (κ2) is 4.54. The van der Waals surface area contributed by atoms with E-state index in [1.165, 1.54) is 4.57 Å². The van der Waals surface area contributed by atoms with E-state index in [0.717, 1.165) is 17.8 Å². The lowest BCUT2D eigenvalue weighted by Crippen LogP contribution is -2.29. The van der Waals surface area contributed by atoms with Crippen molar-refractivity contribution in [3.8, 4) is 0 Å². The molecule has 0 radical (unpaired) electrons. The fourth-order valence-electron chi connectivity index (χ4n) is 1.49. The van der Waals surface area contributed by atoms with Crippen molar-refractivity contribution >= 4 is 26.8 Å². The first-order chi connectivity index (χ1) is 8.13. The molecule has 0 aliphatic carbocycles. The van der Waals surface area contributed by atoms with E-state index in [4.69, 9.17) is 5.73 Å². The topological polar surface area (TPSA) is 93.8 Å². The van der Waals surface area contributed by atoms with Crippen LogP contribution in [-0.4, -0.2) is 14.5 Å². The number of H-pyrrole nitrogens is 1. The highest BCUT2D eigenvalue weighted by Crippen LogP contribution is 2.18. The number of rotatable bonds is 3. The van der Waals surface area contributed by atoms with Crippen molar-refractivity contribution in [2.75, 3.05) is 5.73 Å². The molecule has 0 saturated carbocycles.